The Hall–Kier alpha value is -2.37. The van der Waals surface area contributed by atoms with Crippen LogP contribution in [-0.2, 0) is 6.42 Å². The van der Waals surface area contributed by atoms with Gasteiger partial charge in [0.05, 0.1) is 6.04 Å². The minimum Gasteiger partial charge on any atom is -0.504 e. The number of phenols is 2. The summed E-state index contributed by atoms with van der Waals surface area (Å²) in [6.07, 6.45) is 0.690. The smallest absolute Gasteiger partial charge is 0.197 e. The van der Waals surface area contributed by atoms with E-state index in [-0.39, 0.29) is 17.5 Å². The van der Waals surface area contributed by atoms with E-state index < -0.39 is 0 Å². The summed E-state index contributed by atoms with van der Waals surface area (Å²) in [6, 6.07) is 5.08. The molecule has 0 aromatic heterocycles. The molecule has 6 heteroatoms. The molecule has 22 heavy (non-hydrogen) atoms. The monoisotopic (exact) mass is 304 g/mol. The van der Waals surface area contributed by atoms with Gasteiger partial charge in [0.15, 0.2) is 17.5 Å². The maximum Gasteiger partial charge on any atom is 0.197 e. The largest absolute Gasteiger partial charge is 0.504 e. The molecule has 0 saturated heterocycles. The molecule has 1 atom stereocenters. The molecule has 0 bridgehead atoms. The molecule has 0 aliphatic carbocycles. The molecule has 1 unspecified atom stereocenters. The molecule has 0 saturated carbocycles. The van der Waals surface area contributed by atoms with Gasteiger partial charge in [-0.2, -0.15) is 0 Å². The highest BCUT2D eigenvalue weighted by molar-refractivity contribution is 5.83. The number of benzene rings is 1. The third-order valence-electron chi connectivity index (χ3n) is 3.77. The zero-order valence-electron chi connectivity index (χ0n) is 13.5. The number of nitrogens with zero attached hydrogens (tertiary/aromatic N) is 2. The maximum atomic E-state index is 9.49. The van der Waals surface area contributed by atoms with Gasteiger partial charge in [0.2, 0.25) is 0 Å². The van der Waals surface area contributed by atoms with Gasteiger partial charge in [0.1, 0.15) is 5.82 Å². The Labute approximate surface area is 131 Å². The quantitative estimate of drug-likeness (QED) is 0.632. The Morgan fingerprint density at radius 3 is 2.59 bits per heavy atom. The third kappa shape index (κ3) is 3.63. The second-order valence-corrected chi connectivity index (χ2v) is 5.72. The van der Waals surface area contributed by atoms with Crippen LogP contribution in [0.15, 0.2) is 34.6 Å². The third-order valence-corrected chi connectivity index (χ3v) is 3.77. The van der Waals surface area contributed by atoms with E-state index in [9.17, 15) is 10.2 Å². The number of nitrogens with one attached hydrogen (secondary N) is 2. The van der Waals surface area contributed by atoms with Crippen LogP contribution >= 0.6 is 0 Å². The van der Waals surface area contributed by atoms with Crippen molar-refractivity contribution in [3.63, 3.8) is 0 Å². The molecular formula is C16H24N4O2. The molecule has 1 aliphatic rings. The first-order chi connectivity index (χ1) is 10.4. The molecule has 2 rings (SSSR count). The highest BCUT2D eigenvalue weighted by Crippen LogP contribution is 2.25. The first-order valence-corrected chi connectivity index (χ1v) is 7.35. The van der Waals surface area contributed by atoms with Crippen molar-refractivity contribution in [1.29, 1.82) is 0 Å². The summed E-state index contributed by atoms with van der Waals surface area (Å²) in [7, 11) is 4.00. The summed E-state index contributed by atoms with van der Waals surface area (Å²) in [6.45, 7) is 4.79. The van der Waals surface area contributed by atoms with E-state index in [0.29, 0.717) is 13.0 Å². The summed E-state index contributed by atoms with van der Waals surface area (Å²) in [4.78, 5) is 6.58. The lowest BCUT2D eigenvalue weighted by atomic mass is 10.1. The lowest BCUT2D eigenvalue weighted by molar-refractivity contribution is 0.403. The van der Waals surface area contributed by atoms with E-state index in [0.717, 1.165) is 17.3 Å². The van der Waals surface area contributed by atoms with Gasteiger partial charge in [-0.05, 0) is 43.5 Å². The van der Waals surface area contributed by atoms with Gasteiger partial charge >= 0.3 is 0 Å². The first-order valence-electron chi connectivity index (χ1n) is 7.35. The number of phenolic OH excluding ortho intramolecular Hbond substituents is 2. The fourth-order valence-electron chi connectivity index (χ4n) is 2.34. The second-order valence-electron chi connectivity index (χ2n) is 5.72. The molecule has 0 amide bonds. The maximum absolute atomic E-state index is 9.49. The molecule has 0 fully saturated rings. The van der Waals surface area contributed by atoms with Gasteiger partial charge in [-0.15, -0.1) is 0 Å². The van der Waals surface area contributed by atoms with Crippen LogP contribution in [0.2, 0.25) is 0 Å². The second kappa shape index (κ2) is 6.60. The van der Waals surface area contributed by atoms with Crippen LogP contribution < -0.4 is 10.6 Å². The molecule has 1 aliphatic heterocycles. The average molecular weight is 304 g/mol. The SMILES string of the molecule is CC1=C(N(C)C)NC(=NCCc2ccc(O)c(O)c2)NC1C. The van der Waals surface area contributed by atoms with Crippen molar-refractivity contribution in [3.05, 3.63) is 35.2 Å². The average Bonchev–Trinajstić information content (AvgIpc) is 2.46. The van der Waals surface area contributed by atoms with E-state index in [2.05, 4.69) is 29.5 Å². The summed E-state index contributed by atoms with van der Waals surface area (Å²) < 4.78 is 0. The molecule has 4 N–H and O–H groups in total. The van der Waals surface area contributed by atoms with Crippen LogP contribution in [0.4, 0.5) is 0 Å². The summed E-state index contributed by atoms with van der Waals surface area (Å²) in [5.74, 6) is 1.62. The van der Waals surface area contributed by atoms with Gasteiger partial charge in [-0.25, -0.2) is 0 Å². The normalized spacial score (nSPS) is 19.8. The lowest BCUT2D eigenvalue weighted by Gasteiger charge is -2.32. The fourth-order valence-corrected chi connectivity index (χ4v) is 2.34. The zero-order chi connectivity index (χ0) is 16.3. The molecule has 120 valence electrons. The highest BCUT2D eigenvalue weighted by atomic mass is 16.3. The number of hydrogen-bond acceptors (Lipinski definition) is 4. The minimum absolute atomic E-state index is 0.0962. The molecule has 0 radical (unpaired) electrons. The minimum atomic E-state index is -0.101. The lowest BCUT2D eigenvalue weighted by Crippen LogP contribution is -2.50. The van der Waals surface area contributed by atoms with Crippen molar-refractivity contribution >= 4 is 5.96 Å². The fraction of sp³-hybridized carbons (Fsp3) is 0.438. The molecule has 1 aromatic carbocycles. The van der Waals surface area contributed by atoms with Crippen LogP contribution in [0.5, 0.6) is 11.5 Å². The Bertz CT molecular complexity index is 608. The Kier molecular flexibility index (Phi) is 4.80. The predicted octanol–water partition coefficient (Wildman–Crippen LogP) is 1.37. The number of aromatic hydroxyl groups is 2. The van der Waals surface area contributed by atoms with Crippen LogP contribution in [-0.4, -0.2) is 47.8 Å². The van der Waals surface area contributed by atoms with Crippen LogP contribution in [0, 0.1) is 0 Å². The van der Waals surface area contributed by atoms with Gasteiger partial charge in [-0.1, -0.05) is 6.07 Å². The molecular weight excluding hydrogens is 280 g/mol. The molecule has 0 spiro atoms. The van der Waals surface area contributed by atoms with Crippen molar-refractivity contribution in [2.75, 3.05) is 20.6 Å². The van der Waals surface area contributed by atoms with E-state index >= 15 is 0 Å². The van der Waals surface area contributed by atoms with E-state index in [4.69, 9.17) is 0 Å². The van der Waals surface area contributed by atoms with Crippen molar-refractivity contribution in [2.24, 2.45) is 4.99 Å². The highest BCUT2D eigenvalue weighted by Gasteiger charge is 2.20. The Morgan fingerprint density at radius 2 is 1.95 bits per heavy atom. The standard InChI is InChI=1S/C16H24N4O2/c1-10-11(2)18-16(19-15(10)20(3)4)17-8-7-12-5-6-13(21)14(22)9-12/h5-6,9,11,21-22H,7-8H2,1-4H3,(H2,17,18,19). The Balaban J connectivity index is 2.00. The van der Waals surface area contributed by atoms with Gasteiger partial charge in [0.25, 0.3) is 0 Å². The molecule has 1 heterocycles. The van der Waals surface area contributed by atoms with Gasteiger partial charge < -0.3 is 25.7 Å². The van der Waals surface area contributed by atoms with E-state index in [1.807, 2.05) is 19.0 Å². The molecule has 1 aromatic rings. The number of rotatable bonds is 4. The summed E-state index contributed by atoms with van der Waals surface area (Å²) >= 11 is 0. The predicted molar refractivity (Wildman–Crippen MR) is 87.9 cm³/mol. The number of hydrogen-bond donors (Lipinski definition) is 4. The van der Waals surface area contributed by atoms with Crippen molar-refractivity contribution in [1.82, 2.24) is 15.5 Å². The summed E-state index contributed by atoms with van der Waals surface area (Å²) in [5, 5.41) is 25.4. The van der Waals surface area contributed by atoms with Crippen LogP contribution in [0.1, 0.15) is 19.4 Å². The van der Waals surface area contributed by atoms with Crippen molar-refractivity contribution in [2.45, 2.75) is 26.3 Å². The number of guanidine groups is 1. The van der Waals surface area contributed by atoms with Gasteiger partial charge in [-0.3, -0.25) is 4.99 Å². The van der Waals surface area contributed by atoms with Crippen LogP contribution in [0.3, 0.4) is 0 Å². The number of aliphatic imine (C=N–C) groups is 1. The van der Waals surface area contributed by atoms with Gasteiger partial charge in [0, 0.05) is 20.6 Å². The zero-order valence-corrected chi connectivity index (χ0v) is 13.5. The summed E-state index contributed by atoms with van der Waals surface area (Å²) in [5.41, 5.74) is 2.18. The molecule has 6 nitrogen and oxygen atoms in total. The van der Waals surface area contributed by atoms with Crippen LogP contribution in [0.25, 0.3) is 0 Å². The van der Waals surface area contributed by atoms with E-state index in [1.165, 1.54) is 11.6 Å². The first kappa shape index (κ1) is 16.0. The van der Waals surface area contributed by atoms with Crippen molar-refractivity contribution < 1.29 is 10.2 Å². The van der Waals surface area contributed by atoms with Crippen molar-refractivity contribution in [3.8, 4) is 11.5 Å². The topological polar surface area (TPSA) is 80.1 Å². The Morgan fingerprint density at radius 1 is 1.23 bits per heavy atom. The van der Waals surface area contributed by atoms with E-state index in [1.54, 1.807) is 12.1 Å².